The number of aryl methyl sites for hydroxylation is 2. The van der Waals surface area contributed by atoms with E-state index in [-0.39, 0.29) is 12.7 Å². The highest BCUT2D eigenvalue weighted by molar-refractivity contribution is 7.22. The molecule has 0 N–H and O–H groups in total. The summed E-state index contributed by atoms with van der Waals surface area (Å²) in [5.74, 6) is 1.34. The van der Waals surface area contributed by atoms with Crippen molar-refractivity contribution in [3.05, 3.63) is 53.1 Å². The summed E-state index contributed by atoms with van der Waals surface area (Å²) >= 11 is 1.56. The van der Waals surface area contributed by atoms with Crippen LogP contribution < -0.4 is 14.4 Å². The number of hydrogen-bond acceptors (Lipinski definition) is 7. The van der Waals surface area contributed by atoms with E-state index in [0.29, 0.717) is 12.3 Å². The minimum atomic E-state index is -0.0894. The van der Waals surface area contributed by atoms with Crippen molar-refractivity contribution in [1.82, 2.24) is 9.88 Å². The van der Waals surface area contributed by atoms with Gasteiger partial charge in [0.2, 0.25) is 6.79 Å². The molecule has 0 unspecified atom stereocenters. The first-order valence-electron chi connectivity index (χ1n) is 11.1. The van der Waals surface area contributed by atoms with Gasteiger partial charge >= 0.3 is 0 Å². The van der Waals surface area contributed by atoms with Crippen molar-refractivity contribution in [3.8, 4) is 11.5 Å². The second-order valence-corrected chi connectivity index (χ2v) is 9.30. The Kier molecular flexibility index (Phi) is 6.30. The van der Waals surface area contributed by atoms with Gasteiger partial charge in [-0.05, 0) is 60.9 Å². The Labute approximate surface area is 197 Å². The van der Waals surface area contributed by atoms with Crippen LogP contribution in [0.5, 0.6) is 11.5 Å². The molecular formula is C25H27N3O4S. The van der Waals surface area contributed by atoms with Crippen LogP contribution >= 0.6 is 11.3 Å². The third-order valence-electron chi connectivity index (χ3n) is 6.05. The Morgan fingerprint density at radius 3 is 2.76 bits per heavy atom. The number of ether oxygens (including phenoxy) is 3. The number of hydrogen-bond donors (Lipinski definition) is 0. The van der Waals surface area contributed by atoms with Gasteiger partial charge in [-0.3, -0.25) is 14.6 Å². The number of morpholine rings is 1. The number of carbonyl (C=O) groups excluding carboxylic acids is 1. The third-order valence-corrected chi connectivity index (χ3v) is 7.09. The largest absolute Gasteiger partial charge is 0.454 e. The molecule has 0 saturated carbocycles. The summed E-state index contributed by atoms with van der Waals surface area (Å²) in [5.41, 5.74) is 4.25. The van der Waals surface area contributed by atoms with Crippen LogP contribution in [0.1, 0.15) is 16.7 Å². The standard InChI is InChI=1S/C25H27N3O4S/c1-17-13-20-23(14-18(17)2)33-25(26-20)28(8-7-27-9-11-30-12-10-27)24(29)6-4-19-3-5-21-22(15-19)32-16-31-21/h3-6,13-15H,7-12,16H2,1-2H3/b6-4+. The van der Waals surface area contributed by atoms with Gasteiger partial charge in [0.05, 0.1) is 23.4 Å². The SMILES string of the molecule is Cc1cc2nc(N(CCN3CCOCC3)C(=O)/C=C/c3ccc4c(c3)OCO4)sc2cc1C. The second-order valence-electron chi connectivity index (χ2n) is 8.29. The zero-order chi connectivity index (χ0) is 22.8. The van der Waals surface area contributed by atoms with Crippen LogP contribution in [0.4, 0.5) is 5.13 Å². The number of anilines is 1. The van der Waals surface area contributed by atoms with Crippen molar-refractivity contribution in [3.63, 3.8) is 0 Å². The minimum absolute atomic E-state index is 0.0894. The normalized spacial score (nSPS) is 16.1. The lowest BCUT2D eigenvalue weighted by atomic mass is 10.1. The monoisotopic (exact) mass is 465 g/mol. The Balaban J connectivity index is 1.39. The summed E-state index contributed by atoms with van der Waals surface area (Å²) in [6.45, 7) is 9.00. The van der Waals surface area contributed by atoms with Crippen LogP contribution in [-0.4, -0.2) is 62.0 Å². The molecule has 3 heterocycles. The lowest BCUT2D eigenvalue weighted by molar-refractivity contribution is -0.114. The second kappa shape index (κ2) is 9.51. The molecule has 8 heteroatoms. The molecule has 5 rings (SSSR count). The van der Waals surface area contributed by atoms with Crippen molar-refractivity contribution in [2.45, 2.75) is 13.8 Å². The predicted octanol–water partition coefficient (Wildman–Crippen LogP) is 4.02. The van der Waals surface area contributed by atoms with Crippen molar-refractivity contribution in [1.29, 1.82) is 0 Å². The van der Waals surface area contributed by atoms with Crippen molar-refractivity contribution in [2.75, 3.05) is 51.1 Å². The molecule has 0 radical (unpaired) electrons. The first-order valence-corrected chi connectivity index (χ1v) is 12.0. The summed E-state index contributed by atoms with van der Waals surface area (Å²) in [4.78, 5) is 22.3. The number of fused-ring (bicyclic) bond motifs is 2. The highest BCUT2D eigenvalue weighted by Crippen LogP contribution is 2.33. The summed E-state index contributed by atoms with van der Waals surface area (Å²) in [6.07, 6.45) is 3.42. The van der Waals surface area contributed by atoms with Crippen LogP contribution in [0.3, 0.4) is 0 Å². The first kappa shape index (κ1) is 21.9. The number of rotatable bonds is 6. The number of thiazole rings is 1. The molecule has 1 amide bonds. The van der Waals surface area contributed by atoms with Crippen molar-refractivity contribution in [2.24, 2.45) is 0 Å². The predicted molar refractivity (Wildman–Crippen MR) is 130 cm³/mol. The first-order chi connectivity index (χ1) is 16.1. The molecule has 3 aromatic rings. The van der Waals surface area contributed by atoms with E-state index in [9.17, 15) is 4.79 Å². The van der Waals surface area contributed by atoms with Crippen LogP contribution in [0.25, 0.3) is 16.3 Å². The molecule has 33 heavy (non-hydrogen) atoms. The van der Waals surface area contributed by atoms with E-state index >= 15 is 0 Å². The molecule has 7 nitrogen and oxygen atoms in total. The van der Waals surface area contributed by atoms with Gasteiger partial charge in [0.25, 0.3) is 5.91 Å². The lowest BCUT2D eigenvalue weighted by Gasteiger charge is -2.28. The van der Waals surface area contributed by atoms with Crippen molar-refractivity contribution >= 4 is 38.7 Å². The van der Waals surface area contributed by atoms with Gasteiger partial charge in [-0.1, -0.05) is 17.4 Å². The zero-order valence-electron chi connectivity index (χ0n) is 18.9. The van der Waals surface area contributed by atoms with Crippen LogP contribution in [-0.2, 0) is 9.53 Å². The molecule has 0 atom stereocenters. The van der Waals surface area contributed by atoms with E-state index in [1.807, 2.05) is 24.3 Å². The van der Waals surface area contributed by atoms with Crippen LogP contribution in [0.2, 0.25) is 0 Å². The molecule has 1 fully saturated rings. The van der Waals surface area contributed by atoms with Gasteiger partial charge < -0.3 is 14.2 Å². The Morgan fingerprint density at radius 1 is 1.12 bits per heavy atom. The lowest BCUT2D eigenvalue weighted by Crippen LogP contribution is -2.42. The Bertz CT molecular complexity index is 1160. The van der Waals surface area contributed by atoms with E-state index < -0.39 is 0 Å². The quantitative estimate of drug-likeness (QED) is 0.513. The molecule has 0 aliphatic carbocycles. The fourth-order valence-electron chi connectivity index (χ4n) is 3.92. The van der Waals surface area contributed by atoms with E-state index in [0.717, 1.165) is 59.5 Å². The number of carbonyl (C=O) groups is 1. The number of amides is 1. The highest BCUT2D eigenvalue weighted by Gasteiger charge is 2.21. The van der Waals surface area contributed by atoms with Gasteiger partial charge in [0.15, 0.2) is 16.6 Å². The van der Waals surface area contributed by atoms with Gasteiger partial charge in [0.1, 0.15) is 0 Å². The minimum Gasteiger partial charge on any atom is -0.454 e. The van der Waals surface area contributed by atoms with E-state index in [4.69, 9.17) is 19.2 Å². The molecular weight excluding hydrogens is 438 g/mol. The molecule has 2 aliphatic heterocycles. The maximum atomic E-state index is 13.3. The van der Waals surface area contributed by atoms with Gasteiger partial charge in [0, 0.05) is 32.3 Å². The zero-order valence-corrected chi connectivity index (χ0v) is 19.7. The average Bonchev–Trinajstić information content (AvgIpc) is 3.45. The molecule has 2 aliphatic rings. The van der Waals surface area contributed by atoms with Crippen LogP contribution in [0.15, 0.2) is 36.4 Å². The Hall–Kier alpha value is -2.94. The molecule has 1 aromatic heterocycles. The number of nitrogens with zero attached hydrogens (tertiary/aromatic N) is 3. The summed E-state index contributed by atoms with van der Waals surface area (Å²) < 4.78 is 17.4. The fraction of sp³-hybridized carbons (Fsp3) is 0.360. The third kappa shape index (κ3) is 4.88. The number of aromatic nitrogens is 1. The fourth-order valence-corrected chi connectivity index (χ4v) is 5.00. The summed E-state index contributed by atoms with van der Waals surface area (Å²) in [5, 5.41) is 0.726. The molecule has 0 spiro atoms. The maximum Gasteiger partial charge on any atom is 0.252 e. The van der Waals surface area contributed by atoms with E-state index in [1.54, 1.807) is 22.3 Å². The van der Waals surface area contributed by atoms with Crippen molar-refractivity contribution < 1.29 is 19.0 Å². The molecule has 1 saturated heterocycles. The van der Waals surface area contributed by atoms with Gasteiger partial charge in [-0.15, -0.1) is 0 Å². The number of benzene rings is 2. The van der Waals surface area contributed by atoms with E-state index in [1.165, 1.54) is 11.1 Å². The van der Waals surface area contributed by atoms with Gasteiger partial charge in [-0.2, -0.15) is 0 Å². The summed E-state index contributed by atoms with van der Waals surface area (Å²) in [6, 6.07) is 9.91. The maximum absolute atomic E-state index is 13.3. The summed E-state index contributed by atoms with van der Waals surface area (Å²) in [7, 11) is 0. The van der Waals surface area contributed by atoms with Gasteiger partial charge in [-0.25, -0.2) is 4.98 Å². The molecule has 2 aromatic carbocycles. The average molecular weight is 466 g/mol. The Morgan fingerprint density at radius 2 is 1.91 bits per heavy atom. The van der Waals surface area contributed by atoms with E-state index in [2.05, 4.69) is 30.9 Å². The molecule has 0 bridgehead atoms. The molecule has 172 valence electrons. The highest BCUT2D eigenvalue weighted by atomic mass is 32.1. The smallest absolute Gasteiger partial charge is 0.252 e. The van der Waals surface area contributed by atoms with Crippen LogP contribution in [0, 0.1) is 13.8 Å². The topological polar surface area (TPSA) is 64.1 Å².